The zero-order chi connectivity index (χ0) is 14.7. The third-order valence-corrected chi connectivity index (χ3v) is 3.95. The predicted octanol–water partition coefficient (Wildman–Crippen LogP) is 2.65. The van der Waals surface area contributed by atoms with Gasteiger partial charge in [0.1, 0.15) is 6.26 Å². The Labute approximate surface area is 135 Å². The van der Waals surface area contributed by atoms with E-state index >= 15 is 0 Å². The Bertz CT molecular complexity index is 621. The lowest BCUT2D eigenvalue weighted by molar-refractivity contribution is -0.126. The second-order valence-corrected chi connectivity index (χ2v) is 5.56. The van der Waals surface area contributed by atoms with Crippen molar-refractivity contribution in [1.29, 1.82) is 0 Å². The van der Waals surface area contributed by atoms with Crippen LogP contribution in [0.3, 0.4) is 0 Å². The van der Waals surface area contributed by atoms with Gasteiger partial charge in [0.15, 0.2) is 0 Å². The average molecular weight is 322 g/mol. The summed E-state index contributed by atoms with van der Waals surface area (Å²) in [4.78, 5) is 16.5. The fraction of sp³-hybridized carbons (Fsp3) is 0.375. The summed E-state index contributed by atoms with van der Waals surface area (Å²) < 4.78 is 5.44. The third-order valence-electron chi connectivity index (χ3n) is 3.95. The van der Waals surface area contributed by atoms with Crippen molar-refractivity contribution in [1.82, 2.24) is 10.3 Å². The van der Waals surface area contributed by atoms with Crippen molar-refractivity contribution in [2.24, 2.45) is 5.73 Å². The maximum atomic E-state index is 12.1. The second kappa shape index (κ2) is 6.94. The van der Waals surface area contributed by atoms with Gasteiger partial charge in [0.05, 0.1) is 17.8 Å². The average Bonchev–Trinajstić information content (AvgIpc) is 3.15. The molecule has 0 atom stereocenters. The second-order valence-electron chi connectivity index (χ2n) is 5.56. The highest BCUT2D eigenvalue weighted by Crippen LogP contribution is 2.27. The molecule has 1 heterocycles. The lowest BCUT2D eigenvalue weighted by Crippen LogP contribution is -2.51. The summed E-state index contributed by atoms with van der Waals surface area (Å²) in [7, 11) is 0. The summed E-state index contributed by atoms with van der Waals surface area (Å²) >= 11 is 0. The van der Waals surface area contributed by atoms with Crippen LogP contribution in [0.5, 0.6) is 0 Å². The fourth-order valence-electron chi connectivity index (χ4n) is 2.68. The molecule has 5 nitrogen and oxygen atoms in total. The molecule has 0 aliphatic heterocycles. The van der Waals surface area contributed by atoms with Crippen molar-refractivity contribution >= 4 is 18.3 Å². The first-order valence-electron chi connectivity index (χ1n) is 7.24. The standard InChI is InChI=1S/C16H19N3O2.ClH/c17-16(8-4-5-9-16)15(20)18-10-13-11-21-14(19-13)12-6-2-1-3-7-12;/h1-3,6-7,11H,4-5,8-10,17H2,(H,18,20);1H. The number of carbonyl (C=O) groups is 1. The Morgan fingerprint density at radius 3 is 2.64 bits per heavy atom. The molecule has 1 saturated carbocycles. The molecule has 0 radical (unpaired) electrons. The van der Waals surface area contributed by atoms with Crippen molar-refractivity contribution in [2.75, 3.05) is 0 Å². The number of nitrogens with two attached hydrogens (primary N) is 1. The van der Waals surface area contributed by atoms with Gasteiger partial charge in [-0.2, -0.15) is 0 Å². The van der Waals surface area contributed by atoms with Crippen molar-refractivity contribution in [3.8, 4) is 11.5 Å². The fourth-order valence-corrected chi connectivity index (χ4v) is 2.68. The molecule has 3 N–H and O–H groups in total. The van der Waals surface area contributed by atoms with Crippen LogP contribution in [0.25, 0.3) is 11.5 Å². The van der Waals surface area contributed by atoms with Crippen LogP contribution < -0.4 is 11.1 Å². The molecule has 1 aromatic heterocycles. The Morgan fingerprint density at radius 2 is 1.95 bits per heavy atom. The highest BCUT2D eigenvalue weighted by Gasteiger charge is 2.36. The van der Waals surface area contributed by atoms with E-state index in [0.717, 1.165) is 31.2 Å². The van der Waals surface area contributed by atoms with Crippen LogP contribution in [0.15, 0.2) is 41.0 Å². The largest absolute Gasteiger partial charge is 0.444 e. The molecule has 2 aromatic rings. The van der Waals surface area contributed by atoms with Crippen molar-refractivity contribution in [3.63, 3.8) is 0 Å². The summed E-state index contributed by atoms with van der Waals surface area (Å²) in [5, 5.41) is 2.86. The van der Waals surface area contributed by atoms with E-state index in [0.29, 0.717) is 18.1 Å². The van der Waals surface area contributed by atoms with E-state index in [1.807, 2.05) is 30.3 Å². The van der Waals surface area contributed by atoms with Crippen LogP contribution in [-0.2, 0) is 11.3 Å². The molecular formula is C16H20ClN3O2. The molecule has 1 aliphatic rings. The van der Waals surface area contributed by atoms with Gasteiger partial charge in [0.2, 0.25) is 11.8 Å². The molecule has 1 aromatic carbocycles. The van der Waals surface area contributed by atoms with Gasteiger partial charge in [0.25, 0.3) is 0 Å². The molecule has 1 aliphatic carbocycles. The first-order chi connectivity index (χ1) is 10.2. The number of nitrogens with one attached hydrogen (secondary N) is 1. The van der Waals surface area contributed by atoms with Crippen LogP contribution >= 0.6 is 12.4 Å². The van der Waals surface area contributed by atoms with Crippen molar-refractivity contribution < 1.29 is 9.21 Å². The van der Waals surface area contributed by atoms with E-state index in [4.69, 9.17) is 10.2 Å². The van der Waals surface area contributed by atoms with Gasteiger partial charge in [-0.05, 0) is 25.0 Å². The summed E-state index contributed by atoms with van der Waals surface area (Å²) in [5.41, 5.74) is 7.02. The van der Waals surface area contributed by atoms with Gasteiger partial charge in [-0.15, -0.1) is 12.4 Å². The van der Waals surface area contributed by atoms with Crippen LogP contribution in [0.4, 0.5) is 0 Å². The minimum Gasteiger partial charge on any atom is -0.444 e. The lowest BCUT2D eigenvalue weighted by Gasteiger charge is -2.21. The summed E-state index contributed by atoms with van der Waals surface area (Å²) in [6.45, 7) is 0.341. The number of rotatable bonds is 4. The number of hydrogen-bond acceptors (Lipinski definition) is 4. The number of carbonyl (C=O) groups excluding carboxylic acids is 1. The van der Waals surface area contributed by atoms with E-state index < -0.39 is 5.54 Å². The smallest absolute Gasteiger partial charge is 0.240 e. The SMILES string of the molecule is Cl.NC1(C(=O)NCc2coc(-c3ccccc3)n2)CCCC1. The minimum absolute atomic E-state index is 0. The van der Waals surface area contributed by atoms with Gasteiger partial charge in [-0.25, -0.2) is 4.98 Å². The Kier molecular flexibility index (Phi) is 5.21. The predicted molar refractivity (Wildman–Crippen MR) is 86.4 cm³/mol. The topological polar surface area (TPSA) is 81.2 Å². The molecule has 6 heteroatoms. The number of benzene rings is 1. The maximum Gasteiger partial charge on any atom is 0.240 e. The highest BCUT2D eigenvalue weighted by atomic mass is 35.5. The van der Waals surface area contributed by atoms with E-state index in [-0.39, 0.29) is 18.3 Å². The zero-order valence-electron chi connectivity index (χ0n) is 12.2. The number of amides is 1. The molecule has 1 amide bonds. The number of halogens is 1. The number of hydrogen-bond donors (Lipinski definition) is 2. The molecule has 118 valence electrons. The molecule has 0 unspecified atom stereocenters. The van der Waals surface area contributed by atoms with Crippen LogP contribution in [0, 0.1) is 0 Å². The van der Waals surface area contributed by atoms with Gasteiger partial charge in [0, 0.05) is 5.56 Å². The molecule has 3 rings (SSSR count). The van der Waals surface area contributed by atoms with Gasteiger partial charge < -0.3 is 15.5 Å². The first-order valence-corrected chi connectivity index (χ1v) is 7.24. The molecule has 22 heavy (non-hydrogen) atoms. The monoisotopic (exact) mass is 321 g/mol. The lowest BCUT2D eigenvalue weighted by atomic mass is 9.98. The summed E-state index contributed by atoms with van der Waals surface area (Å²) in [6, 6.07) is 9.66. The van der Waals surface area contributed by atoms with Crippen molar-refractivity contribution in [2.45, 2.75) is 37.8 Å². The third kappa shape index (κ3) is 3.48. The van der Waals surface area contributed by atoms with Crippen LogP contribution in [0.1, 0.15) is 31.4 Å². The Balaban J connectivity index is 0.00000176. The van der Waals surface area contributed by atoms with Crippen LogP contribution in [0.2, 0.25) is 0 Å². The van der Waals surface area contributed by atoms with E-state index in [2.05, 4.69) is 10.3 Å². The Morgan fingerprint density at radius 1 is 1.27 bits per heavy atom. The van der Waals surface area contributed by atoms with Crippen LogP contribution in [-0.4, -0.2) is 16.4 Å². The number of nitrogens with zero attached hydrogens (tertiary/aromatic N) is 1. The van der Waals surface area contributed by atoms with Gasteiger partial charge in [-0.3, -0.25) is 4.79 Å². The van der Waals surface area contributed by atoms with Gasteiger partial charge >= 0.3 is 0 Å². The number of aromatic nitrogens is 1. The first kappa shape index (κ1) is 16.5. The van der Waals surface area contributed by atoms with E-state index in [1.54, 1.807) is 6.26 Å². The minimum atomic E-state index is -0.702. The maximum absolute atomic E-state index is 12.1. The highest BCUT2D eigenvalue weighted by molar-refractivity contribution is 5.86. The molecule has 1 fully saturated rings. The Hall–Kier alpha value is -1.85. The van der Waals surface area contributed by atoms with E-state index in [1.165, 1.54) is 0 Å². The molecule has 0 saturated heterocycles. The normalized spacial score (nSPS) is 16.0. The zero-order valence-corrected chi connectivity index (χ0v) is 13.1. The molecular weight excluding hydrogens is 302 g/mol. The van der Waals surface area contributed by atoms with Gasteiger partial charge in [-0.1, -0.05) is 31.0 Å². The number of oxazole rings is 1. The van der Waals surface area contributed by atoms with Crippen molar-refractivity contribution in [3.05, 3.63) is 42.3 Å². The van der Waals surface area contributed by atoms with E-state index in [9.17, 15) is 4.79 Å². The summed E-state index contributed by atoms with van der Waals surface area (Å²) in [5.74, 6) is 0.465. The quantitative estimate of drug-likeness (QED) is 0.907. The summed E-state index contributed by atoms with van der Waals surface area (Å²) in [6.07, 6.45) is 5.12. The molecule has 0 bridgehead atoms. The molecule has 0 spiro atoms.